The predicted octanol–water partition coefficient (Wildman–Crippen LogP) is 0.607. The minimum atomic E-state index is -3.43. The predicted molar refractivity (Wildman–Crippen MR) is 77.2 cm³/mol. The van der Waals surface area contributed by atoms with E-state index in [0.717, 1.165) is 6.26 Å². The zero-order chi connectivity index (χ0) is 15.0. The summed E-state index contributed by atoms with van der Waals surface area (Å²) in [6, 6.07) is 4.56. The van der Waals surface area contributed by atoms with Crippen LogP contribution in [0.5, 0.6) is 5.75 Å². The van der Waals surface area contributed by atoms with Crippen LogP contribution in [0.1, 0.15) is 6.92 Å². The minimum Gasteiger partial charge on any atom is -0.489 e. The maximum Gasteiger partial charge on any atom is 0.232 e. The fourth-order valence-corrected chi connectivity index (χ4v) is 3.39. The van der Waals surface area contributed by atoms with Crippen LogP contribution in [0.15, 0.2) is 18.2 Å². The molecule has 0 unspecified atom stereocenters. The molecular weight excluding hydrogens is 304 g/mol. The number of benzene rings is 1. The van der Waals surface area contributed by atoms with E-state index in [4.69, 9.17) is 4.74 Å². The zero-order valence-corrected chi connectivity index (χ0v) is 12.8. The van der Waals surface area contributed by atoms with Gasteiger partial charge in [0.1, 0.15) is 12.4 Å². The van der Waals surface area contributed by atoms with Crippen molar-refractivity contribution in [1.82, 2.24) is 0 Å². The molecule has 2 rings (SSSR count). The van der Waals surface area contributed by atoms with Gasteiger partial charge < -0.3 is 4.74 Å². The first-order chi connectivity index (χ1) is 9.23. The molecule has 0 saturated heterocycles. The molecule has 9 heteroatoms. The van der Waals surface area contributed by atoms with E-state index in [9.17, 15) is 16.8 Å². The third kappa shape index (κ3) is 3.15. The summed E-state index contributed by atoms with van der Waals surface area (Å²) in [7, 11) is -6.84. The van der Waals surface area contributed by atoms with Gasteiger partial charge in [-0.2, -0.15) is 0 Å². The number of hydrogen-bond donors (Lipinski definition) is 1. The van der Waals surface area contributed by atoms with Gasteiger partial charge in [-0.3, -0.25) is 9.03 Å². The fourth-order valence-electron chi connectivity index (χ4n) is 1.85. The van der Waals surface area contributed by atoms with E-state index in [2.05, 4.69) is 4.72 Å². The Morgan fingerprint density at radius 2 is 2.00 bits per heavy atom. The Balaban J connectivity index is 2.43. The quantitative estimate of drug-likeness (QED) is 0.877. The van der Waals surface area contributed by atoms with Crippen molar-refractivity contribution in [2.24, 2.45) is 0 Å². The first kappa shape index (κ1) is 14.9. The number of sulfonamides is 2. The van der Waals surface area contributed by atoms with Gasteiger partial charge in [-0.15, -0.1) is 0 Å². The summed E-state index contributed by atoms with van der Waals surface area (Å²) in [4.78, 5) is 0. The lowest BCUT2D eigenvalue weighted by Crippen LogP contribution is -2.37. The highest BCUT2D eigenvalue weighted by molar-refractivity contribution is 7.92. The van der Waals surface area contributed by atoms with Crippen LogP contribution in [-0.2, 0) is 20.0 Å². The highest BCUT2D eigenvalue weighted by Gasteiger charge is 2.25. The van der Waals surface area contributed by atoms with E-state index >= 15 is 0 Å². The van der Waals surface area contributed by atoms with Crippen LogP contribution in [0.25, 0.3) is 0 Å². The molecule has 20 heavy (non-hydrogen) atoms. The number of anilines is 2. The van der Waals surface area contributed by atoms with Gasteiger partial charge in [0, 0.05) is 0 Å². The average molecular weight is 320 g/mol. The van der Waals surface area contributed by atoms with Crippen LogP contribution in [-0.4, -0.2) is 42.0 Å². The van der Waals surface area contributed by atoms with Crippen molar-refractivity contribution < 1.29 is 21.6 Å². The molecule has 1 heterocycles. The van der Waals surface area contributed by atoms with Gasteiger partial charge >= 0.3 is 0 Å². The van der Waals surface area contributed by atoms with Crippen LogP contribution in [0.3, 0.4) is 0 Å². The second kappa shape index (κ2) is 5.13. The van der Waals surface area contributed by atoms with Crippen molar-refractivity contribution in [3.8, 4) is 5.75 Å². The van der Waals surface area contributed by atoms with Crippen molar-refractivity contribution in [3.05, 3.63) is 18.2 Å². The topological polar surface area (TPSA) is 92.8 Å². The molecule has 7 nitrogen and oxygen atoms in total. The first-order valence-corrected chi connectivity index (χ1v) is 9.48. The summed E-state index contributed by atoms with van der Waals surface area (Å²) in [5.41, 5.74) is 0.653. The molecule has 0 atom stereocenters. The lowest BCUT2D eigenvalue weighted by molar-refractivity contribution is 0.316. The van der Waals surface area contributed by atoms with Crippen molar-refractivity contribution >= 4 is 31.4 Å². The Morgan fingerprint density at radius 1 is 1.30 bits per heavy atom. The highest BCUT2D eigenvalue weighted by Crippen LogP contribution is 2.35. The molecule has 1 aromatic rings. The highest BCUT2D eigenvalue weighted by atomic mass is 32.2. The number of hydrogen-bond acceptors (Lipinski definition) is 5. The molecule has 1 aromatic carbocycles. The molecule has 0 fully saturated rings. The lowest BCUT2D eigenvalue weighted by Gasteiger charge is -2.29. The summed E-state index contributed by atoms with van der Waals surface area (Å²) in [5.74, 6) is 0.359. The van der Waals surface area contributed by atoms with E-state index in [1.165, 1.54) is 23.4 Å². The average Bonchev–Trinajstić information content (AvgIpc) is 2.36. The summed E-state index contributed by atoms with van der Waals surface area (Å²) in [6.45, 7) is 1.99. The summed E-state index contributed by atoms with van der Waals surface area (Å²) >= 11 is 0. The Labute approximate surface area is 118 Å². The largest absolute Gasteiger partial charge is 0.489 e. The lowest BCUT2D eigenvalue weighted by atomic mass is 10.2. The van der Waals surface area contributed by atoms with Crippen molar-refractivity contribution in [2.75, 3.05) is 34.2 Å². The maximum absolute atomic E-state index is 11.7. The molecule has 112 valence electrons. The third-order valence-corrected chi connectivity index (χ3v) is 5.32. The molecule has 0 bridgehead atoms. The molecule has 0 aromatic heterocycles. The monoisotopic (exact) mass is 320 g/mol. The van der Waals surface area contributed by atoms with Gasteiger partial charge in [0.2, 0.25) is 20.0 Å². The Hall–Kier alpha value is -1.48. The van der Waals surface area contributed by atoms with Gasteiger partial charge in [0.15, 0.2) is 0 Å². The smallest absolute Gasteiger partial charge is 0.232 e. The first-order valence-electron chi connectivity index (χ1n) is 5.98. The van der Waals surface area contributed by atoms with Gasteiger partial charge in [-0.25, -0.2) is 16.8 Å². The van der Waals surface area contributed by atoms with Crippen LogP contribution < -0.4 is 13.8 Å². The number of nitrogens with one attached hydrogen (secondary N) is 1. The molecule has 1 aliphatic rings. The molecule has 1 aliphatic heterocycles. The number of rotatable bonds is 4. The second-order valence-corrected chi connectivity index (χ2v) is 8.29. The minimum absolute atomic E-state index is 0.0592. The molecule has 0 aliphatic carbocycles. The molecule has 0 amide bonds. The van der Waals surface area contributed by atoms with Crippen LogP contribution in [0.2, 0.25) is 0 Å². The molecule has 0 saturated carbocycles. The fraction of sp³-hybridized carbons (Fsp3) is 0.455. The van der Waals surface area contributed by atoms with Gasteiger partial charge in [-0.1, -0.05) is 0 Å². The van der Waals surface area contributed by atoms with Crippen LogP contribution in [0, 0.1) is 0 Å². The van der Waals surface area contributed by atoms with Gasteiger partial charge in [-0.05, 0) is 25.1 Å². The summed E-state index contributed by atoms with van der Waals surface area (Å²) in [5, 5.41) is 0. The number of ether oxygens (including phenoxy) is 1. The van der Waals surface area contributed by atoms with Crippen LogP contribution in [0.4, 0.5) is 11.4 Å². The third-order valence-electron chi connectivity index (χ3n) is 2.83. The van der Waals surface area contributed by atoms with Gasteiger partial charge in [0.25, 0.3) is 0 Å². The van der Waals surface area contributed by atoms with Crippen molar-refractivity contribution in [2.45, 2.75) is 6.92 Å². The SMILES string of the molecule is CCS(=O)(=O)Nc1ccc2c(c1)N(S(C)(=O)=O)CCO2. The van der Waals surface area contributed by atoms with E-state index < -0.39 is 20.0 Å². The van der Waals surface area contributed by atoms with E-state index in [0.29, 0.717) is 17.1 Å². The van der Waals surface area contributed by atoms with E-state index in [1.54, 1.807) is 6.07 Å². The van der Waals surface area contributed by atoms with Gasteiger partial charge in [0.05, 0.1) is 29.9 Å². The molecule has 1 N–H and O–H groups in total. The zero-order valence-electron chi connectivity index (χ0n) is 11.2. The Bertz CT molecular complexity index is 712. The number of fused-ring (bicyclic) bond motifs is 1. The molecule has 0 spiro atoms. The summed E-state index contributed by atoms with van der Waals surface area (Å²) < 4.78 is 55.5. The van der Waals surface area contributed by atoms with E-state index in [1.807, 2.05) is 0 Å². The maximum atomic E-state index is 11.7. The second-order valence-electron chi connectivity index (χ2n) is 4.37. The van der Waals surface area contributed by atoms with Crippen molar-refractivity contribution in [3.63, 3.8) is 0 Å². The summed E-state index contributed by atoms with van der Waals surface area (Å²) in [6.07, 6.45) is 1.10. The standard InChI is InChI=1S/C11H16N2O5S2/c1-3-20(16,17)12-9-4-5-11-10(8-9)13(6-7-18-11)19(2,14)15/h4-5,8,12H,3,6-7H2,1-2H3. The van der Waals surface area contributed by atoms with E-state index in [-0.39, 0.29) is 18.9 Å². The van der Waals surface area contributed by atoms with Crippen LogP contribution >= 0.6 is 0 Å². The Morgan fingerprint density at radius 3 is 2.60 bits per heavy atom. The molecular formula is C11H16N2O5S2. The Kier molecular flexibility index (Phi) is 3.83. The normalized spacial score (nSPS) is 15.4. The number of nitrogens with zero attached hydrogens (tertiary/aromatic N) is 1. The van der Waals surface area contributed by atoms with Crippen molar-refractivity contribution in [1.29, 1.82) is 0 Å². The molecule has 0 radical (unpaired) electrons.